The molecule has 0 amide bonds. The van der Waals surface area contributed by atoms with Gasteiger partial charge in [-0.25, -0.2) is 0 Å². The average Bonchev–Trinajstić information content (AvgIpc) is 1.82. The quantitative estimate of drug-likeness (QED) is 0.676. The van der Waals surface area contributed by atoms with Crippen LogP contribution in [0.4, 0.5) is 0 Å². The third-order valence-electron chi connectivity index (χ3n) is 1.54. The Morgan fingerprint density at radius 1 is 1.08 bits per heavy atom. The van der Waals surface area contributed by atoms with E-state index in [1.807, 2.05) is 6.20 Å². The van der Waals surface area contributed by atoms with Crippen LogP contribution in [0.2, 0.25) is 0 Å². The summed E-state index contributed by atoms with van der Waals surface area (Å²) in [6.45, 7) is 13.1. The van der Waals surface area contributed by atoms with E-state index in [9.17, 15) is 0 Å². The first kappa shape index (κ1) is 12.8. The first-order valence-electron chi connectivity index (χ1n) is 4.60. The molecule has 1 nitrogen and oxygen atoms in total. The van der Waals surface area contributed by atoms with Crippen LogP contribution in [0.3, 0.4) is 0 Å². The van der Waals surface area contributed by atoms with Crippen LogP contribution >= 0.6 is 10.5 Å². The summed E-state index contributed by atoms with van der Waals surface area (Å²) in [7, 11) is 0.0849. The van der Waals surface area contributed by atoms with E-state index in [0.29, 0.717) is 0 Å². The third kappa shape index (κ3) is 6.88. The summed E-state index contributed by atoms with van der Waals surface area (Å²) in [5, 5.41) is 5.47. The van der Waals surface area contributed by atoms with E-state index in [-0.39, 0.29) is 20.8 Å². The van der Waals surface area contributed by atoms with Gasteiger partial charge in [0.25, 0.3) is 0 Å². The van der Waals surface area contributed by atoms with E-state index >= 15 is 0 Å². The van der Waals surface area contributed by atoms with E-state index in [0.717, 1.165) is 0 Å². The van der Waals surface area contributed by atoms with Crippen molar-refractivity contribution >= 4 is 16.4 Å². The highest BCUT2D eigenvalue weighted by Gasteiger charge is 2.11. The van der Waals surface area contributed by atoms with Gasteiger partial charge in [0, 0.05) is 16.5 Å². The van der Waals surface area contributed by atoms with Gasteiger partial charge in [0.15, 0.2) is 0 Å². The lowest BCUT2D eigenvalue weighted by Gasteiger charge is -2.22. The van der Waals surface area contributed by atoms with Crippen molar-refractivity contribution in [1.29, 1.82) is 0 Å². The van der Waals surface area contributed by atoms with Crippen LogP contribution in [0, 0.1) is 0 Å². The molecule has 1 unspecified atom stereocenters. The molecule has 1 atom stereocenters. The molecule has 0 aliphatic rings. The molecule has 0 heterocycles. The molecule has 0 aliphatic carbocycles. The summed E-state index contributed by atoms with van der Waals surface area (Å²) >= 11 is 0. The number of nitrogens with one attached hydrogen (secondary N) is 1. The predicted octanol–water partition coefficient (Wildman–Crippen LogP) is 3.35. The lowest BCUT2D eigenvalue weighted by Crippen LogP contribution is -2.31. The second-order valence-corrected chi connectivity index (χ2v) is 7.59. The molecule has 0 saturated heterocycles. The molecule has 1 N–H and O–H groups in total. The molecule has 0 radical (unpaired) electrons. The predicted molar refractivity (Wildman–Crippen MR) is 66.5 cm³/mol. The monoisotopic (exact) mass is 201 g/mol. The van der Waals surface area contributed by atoms with Crippen molar-refractivity contribution in [3.05, 3.63) is 11.6 Å². The SMILES string of the molecule is C=S(/C=C\NC(C)(C)C)C(C)(C)C. The maximum absolute atomic E-state index is 4.13. The second-order valence-electron chi connectivity index (χ2n) is 5.24. The van der Waals surface area contributed by atoms with Crippen LogP contribution in [-0.2, 0) is 0 Å². The number of rotatable bonds is 2. The molecule has 0 aliphatic heterocycles. The summed E-state index contributed by atoms with van der Waals surface area (Å²) in [6.07, 6.45) is 2.03. The molecular weight excluding hydrogens is 178 g/mol. The Kier molecular flexibility index (Phi) is 4.24. The minimum absolute atomic E-state index is 0.0849. The van der Waals surface area contributed by atoms with Gasteiger partial charge < -0.3 is 5.32 Å². The van der Waals surface area contributed by atoms with Crippen LogP contribution in [0.1, 0.15) is 41.5 Å². The van der Waals surface area contributed by atoms with Crippen LogP contribution in [0.5, 0.6) is 0 Å². The maximum atomic E-state index is 4.13. The normalized spacial score (nSPS) is 16.2. The van der Waals surface area contributed by atoms with Crippen molar-refractivity contribution in [2.75, 3.05) is 0 Å². The topological polar surface area (TPSA) is 12.0 Å². The van der Waals surface area contributed by atoms with Gasteiger partial charge >= 0.3 is 0 Å². The van der Waals surface area contributed by atoms with Gasteiger partial charge in [-0.05, 0) is 26.2 Å². The fourth-order valence-corrected chi connectivity index (χ4v) is 1.21. The summed E-state index contributed by atoms with van der Waals surface area (Å²) in [6, 6.07) is 0. The molecule has 0 aromatic rings. The van der Waals surface area contributed by atoms with Gasteiger partial charge in [-0.3, -0.25) is 0 Å². The Bertz CT molecular complexity index is 203. The van der Waals surface area contributed by atoms with Crippen molar-refractivity contribution in [2.24, 2.45) is 0 Å². The van der Waals surface area contributed by atoms with E-state index in [2.05, 4.69) is 58.1 Å². The van der Waals surface area contributed by atoms with Gasteiger partial charge in [-0.15, -0.1) is 0 Å². The van der Waals surface area contributed by atoms with Crippen LogP contribution in [0.15, 0.2) is 11.6 Å². The Balaban J connectivity index is 4.09. The largest absolute Gasteiger partial charge is 0.386 e. The van der Waals surface area contributed by atoms with Crippen molar-refractivity contribution in [3.8, 4) is 0 Å². The molecule has 78 valence electrons. The summed E-state index contributed by atoms with van der Waals surface area (Å²) in [5.41, 5.74) is 0.151. The Morgan fingerprint density at radius 2 is 1.54 bits per heavy atom. The minimum Gasteiger partial charge on any atom is -0.386 e. The van der Waals surface area contributed by atoms with E-state index < -0.39 is 0 Å². The second kappa shape index (κ2) is 4.32. The third-order valence-corrected chi connectivity index (χ3v) is 3.57. The lowest BCUT2D eigenvalue weighted by atomic mass is 10.1. The lowest BCUT2D eigenvalue weighted by molar-refractivity contribution is 0.491. The number of hydrogen-bond acceptors (Lipinski definition) is 1. The van der Waals surface area contributed by atoms with Gasteiger partial charge in [0.2, 0.25) is 0 Å². The zero-order valence-electron chi connectivity index (χ0n) is 9.77. The molecule has 0 aromatic carbocycles. The number of hydrogen-bond donors (Lipinski definition) is 1. The van der Waals surface area contributed by atoms with Gasteiger partial charge in [0.1, 0.15) is 0 Å². The molecule has 0 aromatic heterocycles. The molecule has 0 spiro atoms. The maximum Gasteiger partial charge on any atom is 0.0284 e. The van der Waals surface area contributed by atoms with Crippen LogP contribution in [0.25, 0.3) is 0 Å². The summed E-state index contributed by atoms with van der Waals surface area (Å²) in [5.74, 6) is 4.13. The Labute approximate surface area is 85.5 Å². The van der Waals surface area contributed by atoms with Crippen molar-refractivity contribution in [3.63, 3.8) is 0 Å². The molecule has 0 rings (SSSR count). The van der Waals surface area contributed by atoms with Crippen molar-refractivity contribution in [1.82, 2.24) is 5.32 Å². The molecule has 2 heteroatoms. The average molecular weight is 201 g/mol. The zero-order valence-corrected chi connectivity index (χ0v) is 10.6. The minimum atomic E-state index is 0.0849. The van der Waals surface area contributed by atoms with Crippen LogP contribution < -0.4 is 5.32 Å². The highest BCUT2D eigenvalue weighted by atomic mass is 32.2. The van der Waals surface area contributed by atoms with E-state index in [1.165, 1.54) is 0 Å². The highest BCUT2D eigenvalue weighted by molar-refractivity contribution is 8.17. The molecule has 13 heavy (non-hydrogen) atoms. The summed E-state index contributed by atoms with van der Waals surface area (Å²) in [4.78, 5) is 0. The molecular formula is C11H23NS. The standard InChI is InChI=1S/C11H23NS/c1-10(2,3)12-8-9-13(7)11(4,5)6/h8-9,12H,7H2,1-6H3/b9-8-. The van der Waals surface area contributed by atoms with Gasteiger partial charge in [-0.1, -0.05) is 26.6 Å². The summed E-state index contributed by atoms with van der Waals surface area (Å²) < 4.78 is 0.274. The Hall–Kier alpha value is -0.240. The molecule has 0 bridgehead atoms. The zero-order chi connectivity index (χ0) is 10.7. The van der Waals surface area contributed by atoms with Gasteiger partial charge in [0.05, 0.1) is 0 Å². The Morgan fingerprint density at radius 3 is 1.85 bits per heavy atom. The smallest absolute Gasteiger partial charge is 0.0284 e. The molecule has 0 fully saturated rings. The van der Waals surface area contributed by atoms with E-state index in [1.54, 1.807) is 0 Å². The molecule has 0 saturated carbocycles. The van der Waals surface area contributed by atoms with Crippen molar-refractivity contribution < 1.29 is 0 Å². The first-order valence-corrected chi connectivity index (χ1v) is 6.06. The first-order chi connectivity index (χ1) is 5.63. The van der Waals surface area contributed by atoms with Crippen molar-refractivity contribution in [2.45, 2.75) is 51.8 Å². The van der Waals surface area contributed by atoms with Gasteiger partial charge in [-0.2, -0.15) is 10.5 Å². The van der Waals surface area contributed by atoms with E-state index in [4.69, 9.17) is 0 Å². The fourth-order valence-electron chi connectivity index (χ4n) is 0.570. The van der Waals surface area contributed by atoms with Crippen LogP contribution in [-0.4, -0.2) is 16.2 Å². The highest BCUT2D eigenvalue weighted by Crippen LogP contribution is 2.30. The fraction of sp³-hybridized carbons (Fsp3) is 0.727.